The van der Waals surface area contributed by atoms with Crippen molar-refractivity contribution in [1.82, 2.24) is 9.97 Å². The van der Waals surface area contributed by atoms with Gasteiger partial charge in [0.1, 0.15) is 11.9 Å². The molecule has 0 saturated heterocycles. The molecule has 3 heterocycles. The van der Waals surface area contributed by atoms with E-state index in [1.807, 2.05) is 13.1 Å². The van der Waals surface area contributed by atoms with Gasteiger partial charge in [-0.1, -0.05) is 19.8 Å². The molecule has 1 fully saturated rings. The minimum atomic E-state index is -0.166. The van der Waals surface area contributed by atoms with Crippen molar-refractivity contribution in [3.8, 4) is 5.75 Å². The van der Waals surface area contributed by atoms with Crippen LogP contribution in [0.3, 0.4) is 0 Å². The molecule has 0 bridgehead atoms. The molecular weight excluding hydrogens is 382 g/mol. The number of nitrogens with one attached hydrogen (secondary N) is 1. The lowest BCUT2D eigenvalue weighted by atomic mass is 10.0. The number of aldehydes is 1. The van der Waals surface area contributed by atoms with Crippen LogP contribution >= 0.6 is 0 Å². The highest BCUT2D eigenvalue weighted by Gasteiger charge is 2.40. The van der Waals surface area contributed by atoms with Gasteiger partial charge in [0, 0.05) is 30.9 Å². The highest BCUT2D eigenvalue weighted by molar-refractivity contribution is 6.05. The zero-order valence-electron chi connectivity index (χ0n) is 17.6. The molecular formula is C22H27N5O3. The topological polar surface area (TPSA) is 87.7 Å². The summed E-state index contributed by atoms with van der Waals surface area (Å²) >= 11 is 0. The Balaban J connectivity index is 1.73. The van der Waals surface area contributed by atoms with E-state index in [1.165, 1.54) is 26.1 Å². The first-order valence-corrected chi connectivity index (χ1v) is 10.4. The van der Waals surface area contributed by atoms with Gasteiger partial charge < -0.3 is 19.9 Å². The Hall–Kier alpha value is -3.16. The average molecular weight is 409 g/mol. The van der Waals surface area contributed by atoms with Crippen molar-refractivity contribution >= 4 is 35.2 Å². The summed E-state index contributed by atoms with van der Waals surface area (Å²) in [5, 5.41) is 3.20. The molecule has 1 unspecified atom stereocenters. The number of hydrogen-bond donors (Lipinski definition) is 1. The normalized spacial score (nSPS) is 19.0. The second kappa shape index (κ2) is 8.30. The lowest BCUT2D eigenvalue weighted by Gasteiger charge is -2.44. The van der Waals surface area contributed by atoms with E-state index in [0.717, 1.165) is 36.9 Å². The Labute approximate surface area is 176 Å². The Morgan fingerprint density at radius 1 is 1.20 bits per heavy atom. The van der Waals surface area contributed by atoms with E-state index in [0.29, 0.717) is 29.0 Å². The number of nitrogens with zero attached hydrogens (tertiary/aromatic N) is 4. The number of rotatable bonds is 6. The van der Waals surface area contributed by atoms with E-state index in [2.05, 4.69) is 27.1 Å². The Kier molecular flexibility index (Phi) is 5.57. The van der Waals surface area contributed by atoms with Gasteiger partial charge >= 0.3 is 0 Å². The third kappa shape index (κ3) is 3.46. The van der Waals surface area contributed by atoms with E-state index in [9.17, 15) is 9.59 Å². The molecule has 158 valence electrons. The van der Waals surface area contributed by atoms with Gasteiger partial charge in [-0.2, -0.15) is 0 Å². The maximum absolute atomic E-state index is 13.0. The van der Waals surface area contributed by atoms with Gasteiger partial charge in [-0.15, -0.1) is 0 Å². The first-order chi connectivity index (χ1) is 14.6. The molecule has 1 aliphatic carbocycles. The number of likely N-dealkylation sites (N-methyl/N-ethyl adjacent to an activating group) is 1. The van der Waals surface area contributed by atoms with Crippen molar-refractivity contribution in [2.24, 2.45) is 0 Å². The van der Waals surface area contributed by atoms with Crippen LogP contribution in [-0.4, -0.2) is 48.4 Å². The molecule has 30 heavy (non-hydrogen) atoms. The van der Waals surface area contributed by atoms with Gasteiger partial charge in [0.05, 0.1) is 24.7 Å². The zero-order valence-corrected chi connectivity index (χ0v) is 17.6. The van der Waals surface area contributed by atoms with Gasteiger partial charge in [-0.3, -0.25) is 9.59 Å². The van der Waals surface area contributed by atoms with Gasteiger partial charge in [-0.25, -0.2) is 9.97 Å². The van der Waals surface area contributed by atoms with Gasteiger partial charge in [0.2, 0.25) is 5.91 Å². The second-order valence-corrected chi connectivity index (χ2v) is 7.79. The van der Waals surface area contributed by atoms with Crippen LogP contribution in [0.15, 0.2) is 24.5 Å². The van der Waals surface area contributed by atoms with Crippen molar-refractivity contribution < 1.29 is 14.3 Å². The second-order valence-electron chi connectivity index (χ2n) is 7.79. The van der Waals surface area contributed by atoms with E-state index in [1.54, 1.807) is 17.2 Å². The molecule has 0 spiro atoms. The Bertz CT molecular complexity index is 958. The molecule has 2 aromatic rings. The predicted octanol–water partition coefficient (Wildman–Crippen LogP) is 3.55. The molecule has 8 nitrogen and oxygen atoms in total. The van der Waals surface area contributed by atoms with E-state index >= 15 is 0 Å². The summed E-state index contributed by atoms with van der Waals surface area (Å²) in [6.07, 6.45) is 9.28. The monoisotopic (exact) mass is 409 g/mol. The molecule has 1 aliphatic heterocycles. The summed E-state index contributed by atoms with van der Waals surface area (Å²) in [5.74, 6) is 1.67. The van der Waals surface area contributed by atoms with Crippen LogP contribution in [0.4, 0.5) is 23.0 Å². The van der Waals surface area contributed by atoms with Crippen molar-refractivity contribution in [2.45, 2.75) is 51.1 Å². The van der Waals surface area contributed by atoms with E-state index in [-0.39, 0.29) is 11.9 Å². The third-order valence-corrected chi connectivity index (χ3v) is 6.03. The number of aromatic nitrogens is 2. The van der Waals surface area contributed by atoms with Gasteiger partial charge in [0.15, 0.2) is 17.9 Å². The standard InChI is InChI=1S/C22H27N5O3/c1-4-16-22(29)26(2)18-12-23-20(10-17(18)27(16)15-7-5-6-8-15)25-21-19(30-3)9-14(13-28)11-24-21/h9-13,15-16H,4-8H2,1-3H3,(H,23,24,25). The molecule has 1 N–H and O–H groups in total. The van der Waals surface area contributed by atoms with Gasteiger partial charge in [-0.05, 0) is 25.3 Å². The van der Waals surface area contributed by atoms with Gasteiger partial charge in [0.25, 0.3) is 0 Å². The molecule has 8 heteroatoms. The van der Waals surface area contributed by atoms with Crippen molar-refractivity contribution in [3.63, 3.8) is 0 Å². The molecule has 4 rings (SSSR count). The number of carbonyl (C=O) groups is 2. The minimum Gasteiger partial charge on any atom is -0.493 e. The molecule has 1 amide bonds. The average Bonchev–Trinajstić information content (AvgIpc) is 3.30. The van der Waals surface area contributed by atoms with Crippen LogP contribution in [0.25, 0.3) is 0 Å². The fourth-order valence-electron chi connectivity index (χ4n) is 4.50. The largest absolute Gasteiger partial charge is 0.493 e. The van der Waals surface area contributed by atoms with Crippen LogP contribution in [0.1, 0.15) is 49.4 Å². The Morgan fingerprint density at radius 3 is 2.63 bits per heavy atom. The number of pyridine rings is 2. The van der Waals surface area contributed by atoms with Crippen molar-refractivity contribution in [3.05, 3.63) is 30.1 Å². The summed E-state index contributed by atoms with van der Waals surface area (Å²) in [6, 6.07) is 3.81. The van der Waals surface area contributed by atoms with E-state index < -0.39 is 0 Å². The fourth-order valence-corrected chi connectivity index (χ4v) is 4.50. The zero-order chi connectivity index (χ0) is 21.3. The number of anilines is 4. The number of fused-ring (bicyclic) bond motifs is 1. The first kappa shape index (κ1) is 20.1. The molecule has 0 radical (unpaired) electrons. The molecule has 2 aliphatic rings. The quantitative estimate of drug-likeness (QED) is 0.730. The van der Waals surface area contributed by atoms with Crippen LogP contribution in [0.5, 0.6) is 5.75 Å². The molecule has 2 aromatic heterocycles. The first-order valence-electron chi connectivity index (χ1n) is 10.4. The predicted molar refractivity (Wildman–Crippen MR) is 116 cm³/mol. The summed E-state index contributed by atoms with van der Waals surface area (Å²) < 4.78 is 5.37. The van der Waals surface area contributed by atoms with Crippen LogP contribution in [0, 0.1) is 0 Å². The highest BCUT2D eigenvalue weighted by Crippen LogP contribution is 2.42. The fraction of sp³-hybridized carbons (Fsp3) is 0.455. The van der Waals surface area contributed by atoms with Crippen LogP contribution in [-0.2, 0) is 4.79 Å². The molecule has 1 saturated carbocycles. The highest BCUT2D eigenvalue weighted by atomic mass is 16.5. The summed E-state index contributed by atoms with van der Waals surface area (Å²) in [6.45, 7) is 2.06. The molecule has 0 aromatic carbocycles. The number of hydrogen-bond acceptors (Lipinski definition) is 7. The van der Waals surface area contributed by atoms with Crippen molar-refractivity contribution in [1.29, 1.82) is 0 Å². The number of ether oxygens (including phenoxy) is 1. The molecule has 1 atom stereocenters. The minimum absolute atomic E-state index is 0.118. The number of methoxy groups -OCH3 is 1. The van der Waals surface area contributed by atoms with E-state index in [4.69, 9.17) is 4.74 Å². The van der Waals surface area contributed by atoms with Crippen LogP contribution < -0.4 is 19.9 Å². The SMILES string of the molecule is CCC1C(=O)N(C)c2cnc(Nc3ncc(C=O)cc3OC)cc2N1C1CCCC1. The lowest BCUT2D eigenvalue weighted by Crippen LogP contribution is -2.55. The summed E-state index contributed by atoms with van der Waals surface area (Å²) in [4.78, 5) is 36.8. The maximum atomic E-state index is 13.0. The maximum Gasteiger partial charge on any atom is 0.249 e. The third-order valence-electron chi connectivity index (χ3n) is 6.03. The smallest absolute Gasteiger partial charge is 0.249 e. The summed E-state index contributed by atoms with van der Waals surface area (Å²) in [7, 11) is 3.35. The van der Waals surface area contributed by atoms with Crippen LogP contribution in [0.2, 0.25) is 0 Å². The lowest BCUT2D eigenvalue weighted by molar-refractivity contribution is -0.120. The Morgan fingerprint density at radius 2 is 1.97 bits per heavy atom. The number of carbonyl (C=O) groups excluding carboxylic acids is 2. The number of amides is 1. The summed E-state index contributed by atoms with van der Waals surface area (Å²) in [5.41, 5.74) is 2.27. The van der Waals surface area contributed by atoms with Crippen molar-refractivity contribution in [2.75, 3.05) is 29.3 Å².